The minimum atomic E-state index is -0.893. The van der Waals surface area contributed by atoms with Gasteiger partial charge in [-0.25, -0.2) is 4.98 Å². The standard InChI is InChI=1S/C17H18N2OS/c1-16(2)8-5-9-17(11-18,15(16)20)10-14-19-12-6-3-4-7-13(12)21-14/h3-4,6-7H,5,8-10H2,1-2H3. The highest BCUT2D eigenvalue weighted by atomic mass is 32.1. The second-order valence-electron chi connectivity index (χ2n) is 6.51. The van der Waals surface area contributed by atoms with E-state index in [1.807, 2.05) is 38.1 Å². The fourth-order valence-electron chi connectivity index (χ4n) is 3.28. The number of carbonyl (C=O) groups is 1. The van der Waals surface area contributed by atoms with Crippen molar-refractivity contribution in [2.45, 2.75) is 39.5 Å². The lowest BCUT2D eigenvalue weighted by atomic mass is 9.62. The minimum Gasteiger partial charge on any atom is -0.297 e. The number of fused-ring (bicyclic) bond motifs is 1. The SMILES string of the molecule is CC1(C)CCCC(C#N)(Cc2nc3ccccc3s2)C1=O. The summed E-state index contributed by atoms with van der Waals surface area (Å²) in [6.45, 7) is 3.91. The normalized spacial score (nSPS) is 24.9. The van der Waals surface area contributed by atoms with Crippen molar-refractivity contribution in [1.82, 2.24) is 4.98 Å². The van der Waals surface area contributed by atoms with Crippen molar-refractivity contribution >= 4 is 27.3 Å². The summed E-state index contributed by atoms with van der Waals surface area (Å²) in [6.07, 6.45) is 2.90. The summed E-state index contributed by atoms with van der Waals surface area (Å²) in [4.78, 5) is 17.4. The van der Waals surface area contributed by atoms with Gasteiger partial charge in [0.05, 0.1) is 21.3 Å². The predicted octanol–water partition coefficient (Wildman–Crippen LogP) is 4.13. The molecule has 1 fully saturated rings. The maximum absolute atomic E-state index is 12.8. The summed E-state index contributed by atoms with van der Waals surface area (Å²) in [7, 11) is 0. The van der Waals surface area contributed by atoms with E-state index < -0.39 is 10.8 Å². The molecule has 1 aliphatic carbocycles. The number of hydrogen-bond acceptors (Lipinski definition) is 4. The first-order valence-electron chi connectivity index (χ1n) is 7.27. The molecule has 1 saturated carbocycles. The molecule has 0 spiro atoms. The molecular weight excluding hydrogens is 280 g/mol. The van der Waals surface area contributed by atoms with E-state index in [-0.39, 0.29) is 5.78 Å². The Balaban J connectivity index is 1.97. The van der Waals surface area contributed by atoms with Gasteiger partial charge in [0.25, 0.3) is 0 Å². The van der Waals surface area contributed by atoms with Gasteiger partial charge in [0.2, 0.25) is 0 Å². The fourth-order valence-corrected chi connectivity index (χ4v) is 4.36. The van der Waals surface area contributed by atoms with Crippen LogP contribution in [-0.2, 0) is 11.2 Å². The van der Waals surface area contributed by atoms with Crippen molar-refractivity contribution in [3.8, 4) is 6.07 Å². The number of aromatic nitrogens is 1. The molecule has 1 heterocycles. The Hall–Kier alpha value is -1.73. The number of thiazole rings is 1. The minimum absolute atomic E-state index is 0.0861. The zero-order chi connectivity index (χ0) is 15.1. The zero-order valence-corrected chi connectivity index (χ0v) is 13.2. The molecule has 0 N–H and O–H groups in total. The number of rotatable bonds is 2. The molecule has 0 radical (unpaired) electrons. The molecule has 0 amide bonds. The van der Waals surface area contributed by atoms with Gasteiger partial charge in [-0.15, -0.1) is 11.3 Å². The van der Waals surface area contributed by atoms with E-state index in [1.165, 1.54) is 0 Å². The Morgan fingerprint density at radius 2 is 2.10 bits per heavy atom. The summed E-state index contributed by atoms with van der Waals surface area (Å²) in [5, 5.41) is 10.6. The van der Waals surface area contributed by atoms with E-state index >= 15 is 0 Å². The molecular formula is C17H18N2OS. The van der Waals surface area contributed by atoms with Crippen LogP contribution in [0.4, 0.5) is 0 Å². The van der Waals surface area contributed by atoms with Crippen LogP contribution in [0.5, 0.6) is 0 Å². The van der Waals surface area contributed by atoms with Gasteiger partial charge < -0.3 is 0 Å². The van der Waals surface area contributed by atoms with Crippen LogP contribution in [0.25, 0.3) is 10.2 Å². The summed E-state index contributed by atoms with van der Waals surface area (Å²) in [5.41, 5.74) is -0.339. The van der Waals surface area contributed by atoms with Crippen molar-refractivity contribution in [3.05, 3.63) is 29.3 Å². The molecule has 0 bridgehead atoms. The third-order valence-electron chi connectivity index (χ3n) is 4.46. The molecule has 1 atom stereocenters. The molecule has 3 nitrogen and oxygen atoms in total. The van der Waals surface area contributed by atoms with Gasteiger partial charge in [0.1, 0.15) is 5.41 Å². The van der Waals surface area contributed by atoms with E-state index in [0.717, 1.165) is 28.1 Å². The second kappa shape index (κ2) is 4.92. The number of nitriles is 1. The maximum Gasteiger partial charge on any atom is 0.159 e. The number of carbonyl (C=O) groups excluding carboxylic acids is 1. The highest BCUT2D eigenvalue weighted by molar-refractivity contribution is 7.18. The van der Waals surface area contributed by atoms with Gasteiger partial charge in [0, 0.05) is 11.8 Å². The first-order chi connectivity index (χ1) is 9.97. The van der Waals surface area contributed by atoms with E-state index in [9.17, 15) is 10.1 Å². The van der Waals surface area contributed by atoms with E-state index in [1.54, 1.807) is 11.3 Å². The van der Waals surface area contributed by atoms with Gasteiger partial charge in [-0.1, -0.05) is 32.4 Å². The van der Waals surface area contributed by atoms with Crippen LogP contribution in [0.3, 0.4) is 0 Å². The molecule has 1 unspecified atom stereocenters. The molecule has 3 rings (SSSR count). The summed E-state index contributed by atoms with van der Waals surface area (Å²) < 4.78 is 1.11. The van der Waals surface area contributed by atoms with Crippen molar-refractivity contribution in [3.63, 3.8) is 0 Å². The van der Waals surface area contributed by atoms with Crippen LogP contribution in [0.1, 0.15) is 38.1 Å². The maximum atomic E-state index is 12.8. The largest absolute Gasteiger partial charge is 0.297 e. The predicted molar refractivity (Wildman–Crippen MR) is 84.0 cm³/mol. The number of para-hydroxylation sites is 1. The van der Waals surface area contributed by atoms with Crippen LogP contribution in [0.15, 0.2) is 24.3 Å². The molecule has 1 aromatic heterocycles. The lowest BCUT2D eigenvalue weighted by Crippen LogP contribution is -2.45. The molecule has 21 heavy (non-hydrogen) atoms. The van der Waals surface area contributed by atoms with Gasteiger partial charge in [0.15, 0.2) is 5.78 Å². The summed E-state index contributed by atoms with van der Waals surface area (Å²) in [5.74, 6) is 0.0861. The summed E-state index contributed by atoms with van der Waals surface area (Å²) >= 11 is 1.59. The number of nitrogens with zero attached hydrogens (tertiary/aromatic N) is 2. The second-order valence-corrected chi connectivity index (χ2v) is 7.63. The van der Waals surface area contributed by atoms with E-state index in [2.05, 4.69) is 11.1 Å². The Morgan fingerprint density at radius 3 is 2.81 bits per heavy atom. The highest BCUT2D eigenvalue weighted by Crippen LogP contribution is 2.45. The molecule has 4 heteroatoms. The fraction of sp³-hybridized carbons (Fsp3) is 0.471. The van der Waals surface area contributed by atoms with Crippen molar-refractivity contribution in [2.24, 2.45) is 10.8 Å². The van der Waals surface area contributed by atoms with Gasteiger partial charge in [-0.2, -0.15) is 5.26 Å². The van der Waals surface area contributed by atoms with E-state index in [4.69, 9.17) is 0 Å². The van der Waals surface area contributed by atoms with Crippen molar-refractivity contribution in [2.75, 3.05) is 0 Å². The monoisotopic (exact) mass is 298 g/mol. The number of benzene rings is 1. The third kappa shape index (κ3) is 2.36. The highest BCUT2D eigenvalue weighted by Gasteiger charge is 2.49. The molecule has 0 aliphatic heterocycles. The number of hydrogen-bond donors (Lipinski definition) is 0. The third-order valence-corrected chi connectivity index (χ3v) is 5.50. The number of ketones is 1. The van der Waals surface area contributed by atoms with Crippen LogP contribution in [-0.4, -0.2) is 10.8 Å². The van der Waals surface area contributed by atoms with Crippen LogP contribution >= 0.6 is 11.3 Å². The van der Waals surface area contributed by atoms with Gasteiger partial charge >= 0.3 is 0 Å². The van der Waals surface area contributed by atoms with Crippen LogP contribution in [0.2, 0.25) is 0 Å². The topological polar surface area (TPSA) is 53.8 Å². The molecule has 0 saturated heterocycles. The summed E-state index contributed by atoms with van der Waals surface area (Å²) in [6, 6.07) is 10.3. The van der Waals surface area contributed by atoms with Gasteiger partial charge in [-0.3, -0.25) is 4.79 Å². The molecule has 1 aliphatic rings. The van der Waals surface area contributed by atoms with E-state index in [0.29, 0.717) is 12.8 Å². The molecule has 2 aromatic rings. The smallest absolute Gasteiger partial charge is 0.159 e. The first kappa shape index (κ1) is 14.2. The quantitative estimate of drug-likeness (QED) is 0.837. The van der Waals surface area contributed by atoms with Crippen LogP contribution < -0.4 is 0 Å². The zero-order valence-electron chi connectivity index (χ0n) is 12.3. The van der Waals surface area contributed by atoms with Crippen LogP contribution in [0, 0.1) is 22.2 Å². The number of Topliss-reactive ketones (excluding diaryl/α,β-unsaturated/α-hetero) is 1. The lowest BCUT2D eigenvalue weighted by molar-refractivity contribution is -0.138. The Kier molecular flexibility index (Phi) is 3.33. The Labute approximate surface area is 128 Å². The van der Waals surface area contributed by atoms with Gasteiger partial charge in [-0.05, 0) is 25.0 Å². The first-order valence-corrected chi connectivity index (χ1v) is 8.09. The van der Waals surface area contributed by atoms with Crippen molar-refractivity contribution < 1.29 is 4.79 Å². The van der Waals surface area contributed by atoms with Crippen molar-refractivity contribution in [1.29, 1.82) is 5.26 Å². The average molecular weight is 298 g/mol. The lowest BCUT2D eigenvalue weighted by Gasteiger charge is -2.38. The molecule has 1 aromatic carbocycles. The Morgan fingerprint density at radius 1 is 1.33 bits per heavy atom. The average Bonchev–Trinajstić information content (AvgIpc) is 2.86. The molecule has 108 valence electrons. The Bertz CT molecular complexity index is 708.